The van der Waals surface area contributed by atoms with E-state index in [2.05, 4.69) is 4.18 Å². The van der Waals surface area contributed by atoms with Crippen LogP contribution in [0.25, 0.3) is 0 Å². The Bertz CT molecular complexity index is 229. The standard InChI is InChI=1S/C5H7NO6S/c6-2(4(8)9)1-3(7)12-13-5(10)11/h2H,1,6H2,(H,8,9)(H,10,11)/t2-/m0/s1. The Balaban J connectivity index is 3.74. The fraction of sp³-hybridized carbons (Fsp3) is 0.400. The van der Waals surface area contributed by atoms with Crippen LogP contribution in [-0.2, 0) is 13.8 Å². The van der Waals surface area contributed by atoms with Gasteiger partial charge in [0.2, 0.25) is 0 Å². The number of carbonyl (C=O) groups is 3. The molecule has 4 N–H and O–H groups in total. The third-order valence-corrected chi connectivity index (χ3v) is 1.32. The first kappa shape index (κ1) is 11.7. The van der Waals surface area contributed by atoms with E-state index < -0.39 is 29.7 Å². The van der Waals surface area contributed by atoms with Crippen LogP contribution in [0.3, 0.4) is 0 Å². The second-order valence-electron chi connectivity index (χ2n) is 1.95. The van der Waals surface area contributed by atoms with E-state index in [1.807, 2.05) is 0 Å². The number of rotatable bonds is 3. The highest BCUT2D eigenvalue weighted by Crippen LogP contribution is 2.05. The molecule has 0 heterocycles. The highest BCUT2D eigenvalue weighted by atomic mass is 32.2. The first-order valence-corrected chi connectivity index (χ1v) is 3.76. The quantitative estimate of drug-likeness (QED) is 0.538. The number of aliphatic carboxylic acids is 1. The Labute approximate surface area is 77.1 Å². The molecule has 0 aliphatic carbocycles. The van der Waals surface area contributed by atoms with Crippen LogP contribution < -0.4 is 5.73 Å². The molecule has 0 fully saturated rings. The van der Waals surface area contributed by atoms with Crippen LogP contribution in [0, 0.1) is 0 Å². The number of carbonyl (C=O) groups excluding carboxylic acids is 1. The van der Waals surface area contributed by atoms with E-state index in [4.69, 9.17) is 15.9 Å². The first-order chi connectivity index (χ1) is 5.93. The fourth-order valence-electron chi connectivity index (χ4n) is 0.383. The zero-order valence-corrected chi connectivity index (χ0v) is 7.11. The smallest absolute Gasteiger partial charge is 0.404 e. The van der Waals surface area contributed by atoms with Crippen molar-refractivity contribution >= 4 is 29.3 Å². The maximum Gasteiger partial charge on any atom is 0.404 e. The number of hydrogen-bond donors (Lipinski definition) is 3. The summed E-state index contributed by atoms with van der Waals surface area (Å²) >= 11 is -0.0883. The Hall–Kier alpha value is -1.28. The summed E-state index contributed by atoms with van der Waals surface area (Å²) in [7, 11) is 0. The lowest BCUT2D eigenvalue weighted by Gasteiger charge is -2.03. The van der Waals surface area contributed by atoms with Crippen LogP contribution in [0.2, 0.25) is 0 Å². The molecule has 13 heavy (non-hydrogen) atoms. The van der Waals surface area contributed by atoms with Crippen LogP contribution in [0.5, 0.6) is 0 Å². The SMILES string of the molecule is N[C@@H](CC(=O)OSC(=O)O)C(=O)O. The molecule has 0 aliphatic heterocycles. The molecule has 0 aromatic carbocycles. The van der Waals surface area contributed by atoms with Crippen LogP contribution in [0.15, 0.2) is 0 Å². The largest absolute Gasteiger partial charge is 0.480 e. The van der Waals surface area contributed by atoms with Gasteiger partial charge in [-0.25, -0.2) is 4.79 Å². The fourth-order valence-corrected chi connectivity index (χ4v) is 0.615. The maximum atomic E-state index is 10.6. The molecular formula is C5H7NO6S. The van der Waals surface area contributed by atoms with Gasteiger partial charge in [0.15, 0.2) is 12.0 Å². The minimum Gasteiger partial charge on any atom is -0.480 e. The van der Waals surface area contributed by atoms with E-state index >= 15 is 0 Å². The third kappa shape index (κ3) is 5.93. The Kier molecular flexibility index (Phi) is 4.85. The molecule has 0 aromatic rings. The second-order valence-corrected chi connectivity index (χ2v) is 2.64. The van der Waals surface area contributed by atoms with Crippen LogP contribution >= 0.6 is 12.0 Å². The average molecular weight is 209 g/mol. The van der Waals surface area contributed by atoms with Gasteiger partial charge in [-0.3, -0.25) is 9.59 Å². The molecule has 0 unspecified atom stereocenters. The van der Waals surface area contributed by atoms with Crippen molar-refractivity contribution in [1.82, 2.24) is 0 Å². The van der Waals surface area contributed by atoms with E-state index in [1.165, 1.54) is 0 Å². The van der Waals surface area contributed by atoms with Gasteiger partial charge in [0, 0.05) is 0 Å². The molecule has 74 valence electrons. The number of hydrogen-bond acceptors (Lipinski definition) is 6. The molecule has 0 bridgehead atoms. The highest BCUT2D eigenvalue weighted by molar-refractivity contribution is 8.09. The lowest BCUT2D eigenvalue weighted by Crippen LogP contribution is -2.32. The normalized spacial score (nSPS) is 11.8. The Morgan fingerprint density at radius 2 is 1.92 bits per heavy atom. The molecule has 0 amide bonds. The molecule has 0 aliphatic rings. The molecule has 0 aromatic heterocycles. The summed E-state index contributed by atoms with van der Waals surface area (Å²) in [6.45, 7) is 0. The minimum absolute atomic E-state index is 0.0883. The summed E-state index contributed by atoms with van der Waals surface area (Å²) in [5.74, 6) is -2.33. The summed E-state index contributed by atoms with van der Waals surface area (Å²) in [4.78, 5) is 30.6. The highest BCUT2D eigenvalue weighted by Gasteiger charge is 2.18. The van der Waals surface area contributed by atoms with E-state index in [0.29, 0.717) is 0 Å². The number of carboxylic acids is 1. The number of nitrogens with two attached hydrogens (primary N) is 1. The van der Waals surface area contributed by atoms with E-state index in [-0.39, 0.29) is 12.0 Å². The summed E-state index contributed by atoms with van der Waals surface area (Å²) in [5.41, 5.74) is 4.97. The summed E-state index contributed by atoms with van der Waals surface area (Å²) < 4.78 is 4.06. The van der Waals surface area contributed by atoms with Crippen molar-refractivity contribution in [3.8, 4) is 0 Å². The lowest BCUT2D eigenvalue weighted by molar-refractivity contribution is -0.143. The van der Waals surface area contributed by atoms with Crippen molar-refractivity contribution in [2.45, 2.75) is 12.5 Å². The molecular weight excluding hydrogens is 202 g/mol. The van der Waals surface area contributed by atoms with Crippen molar-refractivity contribution < 1.29 is 28.8 Å². The van der Waals surface area contributed by atoms with E-state index in [0.717, 1.165) is 0 Å². The summed E-state index contributed by atoms with van der Waals surface area (Å²) in [6, 6.07) is -1.37. The summed E-state index contributed by atoms with van der Waals surface area (Å²) in [6.07, 6.45) is -0.560. The monoisotopic (exact) mass is 209 g/mol. The Morgan fingerprint density at radius 3 is 2.31 bits per heavy atom. The van der Waals surface area contributed by atoms with Crippen molar-refractivity contribution in [1.29, 1.82) is 0 Å². The van der Waals surface area contributed by atoms with Gasteiger partial charge in [-0.2, -0.15) is 0 Å². The van der Waals surface area contributed by atoms with Gasteiger partial charge in [0.1, 0.15) is 6.04 Å². The predicted octanol–water partition coefficient (Wildman–Crippen LogP) is -0.342. The molecule has 0 saturated carbocycles. The van der Waals surface area contributed by atoms with Gasteiger partial charge < -0.3 is 20.1 Å². The van der Waals surface area contributed by atoms with Gasteiger partial charge in [0.05, 0.1) is 6.42 Å². The van der Waals surface area contributed by atoms with Gasteiger partial charge in [-0.05, 0) is 0 Å². The first-order valence-electron chi connectivity index (χ1n) is 3.02. The zero-order chi connectivity index (χ0) is 10.4. The van der Waals surface area contributed by atoms with Crippen LogP contribution in [0.1, 0.15) is 6.42 Å². The van der Waals surface area contributed by atoms with Crippen molar-refractivity contribution in [2.24, 2.45) is 5.73 Å². The molecule has 0 rings (SSSR count). The van der Waals surface area contributed by atoms with Crippen molar-refractivity contribution in [3.63, 3.8) is 0 Å². The maximum absolute atomic E-state index is 10.6. The van der Waals surface area contributed by atoms with Gasteiger partial charge >= 0.3 is 17.2 Å². The predicted molar refractivity (Wildman–Crippen MR) is 41.9 cm³/mol. The molecule has 1 atom stereocenters. The van der Waals surface area contributed by atoms with Crippen molar-refractivity contribution in [2.75, 3.05) is 0 Å². The van der Waals surface area contributed by atoms with Crippen molar-refractivity contribution in [3.05, 3.63) is 0 Å². The number of carboxylic acid groups (broad SMARTS) is 2. The second kappa shape index (κ2) is 5.38. The molecule has 0 spiro atoms. The average Bonchev–Trinajstić information content (AvgIpc) is 2.00. The van der Waals surface area contributed by atoms with Gasteiger partial charge in [-0.1, -0.05) is 0 Å². The topological polar surface area (TPSA) is 127 Å². The van der Waals surface area contributed by atoms with E-state index in [9.17, 15) is 14.4 Å². The lowest BCUT2D eigenvalue weighted by atomic mass is 10.2. The van der Waals surface area contributed by atoms with Crippen LogP contribution in [0.4, 0.5) is 4.79 Å². The van der Waals surface area contributed by atoms with Gasteiger partial charge in [0.25, 0.3) is 0 Å². The molecule has 8 heteroatoms. The molecule has 0 saturated heterocycles. The van der Waals surface area contributed by atoms with Crippen LogP contribution in [-0.4, -0.2) is 33.5 Å². The van der Waals surface area contributed by atoms with E-state index in [1.54, 1.807) is 0 Å². The van der Waals surface area contributed by atoms with Gasteiger partial charge in [-0.15, -0.1) is 0 Å². The third-order valence-electron chi connectivity index (χ3n) is 0.910. The molecule has 7 nitrogen and oxygen atoms in total. The summed E-state index contributed by atoms with van der Waals surface area (Å²) in [5, 5.41) is 14.9. The minimum atomic E-state index is -1.39. The Morgan fingerprint density at radius 1 is 1.38 bits per heavy atom. The zero-order valence-electron chi connectivity index (χ0n) is 6.30. The molecule has 0 radical (unpaired) electrons.